The molecular formula is C27H35F2N5O6. The first-order chi connectivity index (χ1) is 18.8. The maximum Gasteiger partial charge on any atom is 0.410 e. The number of carbonyl (C=O) groups is 2. The van der Waals surface area contributed by atoms with Crippen LogP contribution in [0.25, 0.3) is 5.57 Å². The smallest absolute Gasteiger partial charge is 0.410 e. The van der Waals surface area contributed by atoms with E-state index in [-0.39, 0.29) is 46.3 Å². The third kappa shape index (κ3) is 8.04. The number of carbonyl (C=O) groups excluding carboxylic acids is 2. The van der Waals surface area contributed by atoms with E-state index in [1.807, 2.05) is 0 Å². The van der Waals surface area contributed by atoms with Gasteiger partial charge in [0.05, 0.1) is 31.9 Å². The summed E-state index contributed by atoms with van der Waals surface area (Å²) in [5, 5.41) is 11.4. The van der Waals surface area contributed by atoms with Crippen LogP contribution < -0.4 is 15.8 Å². The first kappa shape index (κ1) is 31.8. The molecule has 0 saturated heterocycles. The average molecular weight is 564 g/mol. The first-order valence-corrected chi connectivity index (χ1v) is 12.1. The molecule has 218 valence electrons. The highest BCUT2D eigenvalue weighted by atomic mass is 19.1. The van der Waals surface area contributed by atoms with Crippen molar-refractivity contribution in [1.29, 1.82) is 5.41 Å². The Kier molecular flexibility index (Phi) is 10.8. The number of pyridine rings is 1. The largest absolute Gasteiger partial charge is 0.481 e. The molecule has 0 aliphatic heterocycles. The average Bonchev–Trinajstić information content (AvgIpc) is 2.90. The number of anilines is 1. The van der Waals surface area contributed by atoms with Crippen LogP contribution in [-0.2, 0) is 14.2 Å². The standard InChI is InChI=1S/C27H35F2N5O6/c1-27(2,3)40-26(36)34(5)14-19(32-4)22(24(31)37-6)15-10-20(23(30)33-13-15)39-21(12-28)18-11-16(29)8-9-17(18)25(35)38-7/h8-11,13,21,31-32H,12,14H2,1-7H3,(H2,30,33)/b22-19-,31-24?. The molecule has 0 bridgehead atoms. The monoisotopic (exact) mass is 563 g/mol. The van der Waals surface area contributed by atoms with Crippen molar-refractivity contribution in [3.63, 3.8) is 0 Å². The van der Waals surface area contributed by atoms with Crippen LogP contribution in [0.5, 0.6) is 5.75 Å². The van der Waals surface area contributed by atoms with Gasteiger partial charge in [-0.25, -0.2) is 23.4 Å². The molecule has 4 N–H and O–H groups in total. The Morgan fingerprint density at radius 1 is 1.20 bits per heavy atom. The summed E-state index contributed by atoms with van der Waals surface area (Å²) in [6.45, 7) is 4.07. The number of rotatable bonds is 10. The summed E-state index contributed by atoms with van der Waals surface area (Å²) in [6.07, 6.45) is -0.687. The summed E-state index contributed by atoms with van der Waals surface area (Å²) < 4.78 is 49.4. The molecule has 2 rings (SSSR count). The van der Waals surface area contributed by atoms with Gasteiger partial charge in [-0.15, -0.1) is 0 Å². The van der Waals surface area contributed by atoms with Gasteiger partial charge in [0.2, 0.25) is 5.90 Å². The SMILES string of the molecule is CN/C(CN(C)C(=O)OC(C)(C)C)=C(\C(=N)OC)c1cnc(N)c(OC(CF)c2cc(F)ccc2C(=O)OC)c1. The summed E-state index contributed by atoms with van der Waals surface area (Å²) >= 11 is 0. The molecule has 1 atom stereocenters. The highest BCUT2D eigenvalue weighted by molar-refractivity contribution is 6.19. The number of alkyl halides is 1. The molecule has 1 unspecified atom stereocenters. The number of nitrogens with two attached hydrogens (primary N) is 1. The van der Waals surface area contributed by atoms with Crippen LogP contribution in [0, 0.1) is 11.2 Å². The maximum atomic E-state index is 14.2. The lowest BCUT2D eigenvalue weighted by molar-refractivity contribution is 0.0311. The molecule has 1 aromatic heterocycles. The fraction of sp³-hybridized carbons (Fsp3) is 0.407. The van der Waals surface area contributed by atoms with Crippen LogP contribution >= 0.6 is 0 Å². The lowest BCUT2D eigenvalue weighted by Crippen LogP contribution is -2.37. The third-order valence-electron chi connectivity index (χ3n) is 5.48. The van der Waals surface area contributed by atoms with E-state index in [1.165, 1.54) is 37.4 Å². The van der Waals surface area contributed by atoms with Gasteiger partial charge in [-0.05, 0) is 45.0 Å². The van der Waals surface area contributed by atoms with Gasteiger partial charge in [0.25, 0.3) is 0 Å². The molecule has 0 aliphatic rings. The minimum Gasteiger partial charge on any atom is -0.481 e. The van der Waals surface area contributed by atoms with Gasteiger partial charge in [-0.1, -0.05) is 0 Å². The first-order valence-electron chi connectivity index (χ1n) is 12.1. The molecule has 2 aromatic rings. The number of esters is 1. The Labute approximate surface area is 231 Å². The number of halogens is 2. The van der Waals surface area contributed by atoms with Crippen LogP contribution in [-0.4, -0.2) is 75.0 Å². The fourth-order valence-electron chi connectivity index (χ4n) is 3.58. The highest BCUT2D eigenvalue weighted by Gasteiger charge is 2.26. The molecule has 0 spiro atoms. The molecule has 13 heteroatoms. The number of hydrogen-bond acceptors (Lipinski definition) is 10. The predicted octanol–water partition coefficient (Wildman–Crippen LogP) is 4.10. The van der Waals surface area contributed by atoms with E-state index in [9.17, 15) is 18.4 Å². The molecule has 0 saturated carbocycles. The number of methoxy groups -OCH3 is 2. The Bertz CT molecular complexity index is 1280. The van der Waals surface area contributed by atoms with E-state index >= 15 is 0 Å². The van der Waals surface area contributed by atoms with Crippen LogP contribution in [0.1, 0.15) is 48.4 Å². The summed E-state index contributed by atoms with van der Waals surface area (Å²) in [5.41, 5.74) is 5.99. The maximum absolute atomic E-state index is 14.2. The second kappa shape index (κ2) is 13.6. The third-order valence-corrected chi connectivity index (χ3v) is 5.48. The Morgan fingerprint density at radius 2 is 1.88 bits per heavy atom. The van der Waals surface area contributed by atoms with Crippen molar-refractivity contribution in [2.24, 2.45) is 0 Å². The van der Waals surface area contributed by atoms with Crippen molar-refractivity contribution in [3.8, 4) is 5.75 Å². The van der Waals surface area contributed by atoms with Crippen LogP contribution in [0.4, 0.5) is 19.4 Å². The molecule has 1 amide bonds. The number of nitrogen functional groups attached to an aromatic ring is 1. The summed E-state index contributed by atoms with van der Waals surface area (Å²) in [7, 11) is 5.57. The van der Waals surface area contributed by atoms with Crippen LogP contribution in [0.2, 0.25) is 0 Å². The number of nitrogens with one attached hydrogen (secondary N) is 2. The second-order valence-electron chi connectivity index (χ2n) is 9.56. The Morgan fingerprint density at radius 3 is 2.42 bits per heavy atom. The summed E-state index contributed by atoms with van der Waals surface area (Å²) in [5.74, 6) is -2.02. The van der Waals surface area contributed by atoms with E-state index in [2.05, 4.69) is 10.3 Å². The molecule has 1 aromatic carbocycles. The molecule has 0 radical (unpaired) electrons. The van der Waals surface area contributed by atoms with Crippen LogP contribution in [0.3, 0.4) is 0 Å². The molecular weight excluding hydrogens is 528 g/mol. The van der Waals surface area contributed by atoms with Crippen molar-refractivity contribution in [3.05, 3.63) is 58.7 Å². The lowest BCUT2D eigenvalue weighted by atomic mass is 10.0. The topological polar surface area (TPSA) is 149 Å². The Balaban J connectivity index is 2.56. The number of benzene rings is 1. The number of hydrogen-bond donors (Lipinski definition) is 3. The summed E-state index contributed by atoms with van der Waals surface area (Å²) in [4.78, 5) is 30.2. The number of aromatic nitrogens is 1. The van der Waals surface area contributed by atoms with Gasteiger partial charge in [0, 0.05) is 37.1 Å². The number of amides is 1. The van der Waals surface area contributed by atoms with Gasteiger partial charge >= 0.3 is 12.1 Å². The highest BCUT2D eigenvalue weighted by Crippen LogP contribution is 2.32. The van der Waals surface area contributed by atoms with Crippen molar-refractivity contribution >= 4 is 29.4 Å². The molecule has 11 nitrogen and oxygen atoms in total. The summed E-state index contributed by atoms with van der Waals surface area (Å²) in [6, 6.07) is 4.58. The normalized spacial score (nSPS) is 12.5. The minimum absolute atomic E-state index is 0.00800. The minimum atomic E-state index is -1.44. The molecule has 0 fully saturated rings. The van der Waals surface area contributed by atoms with Crippen molar-refractivity contribution in [2.75, 3.05) is 47.3 Å². The van der Waals surface area contributed by atoms with Gasteiger partial charge in [-0.3, -0.25) is 5.41 Å². The van der Waals surface area contributed by atoms with E-state index in [4.69, 9.17) is 30.1 Å². The van der Waals surface area contributed by atoms with Crippen molar-refractivity contribution < 1.29 is 37.3 Å². The quantitative estimate of drug-likeness (QED) is 0.221. The van der Waals surface area contributed by atoms with E-state index in [0.29, 0.717) is 5.70 Å². The number of ether oxygens (including phenoxy) is 4. The number of likely N-dealkylation sites (N-methyl/N-ethyl adjacent to an activating group) is 2. The van der Waals surface area contributed by atoms with E-state index in [0.717, 1.165) is 19.2 Å². The van der Waals surface area contributed by atoms with Gasteiger partial charge in [-0.2, -0.15) is 0 Å². The molecule has 0 aliphatic carbocycles. The van der Waals surface area contributed by atoms with E-state index in [1.54, 1.807) is 27.8 Å². The number of nitrogens with zero attached hydrogens (tertiary/aromatic N) is 2. The van der Waals surface area contributed by atoms with Crippen LogP contribution in [0.15, 0.2) is 36.2 Å². The fourth-order valence-corrected chi connectivity index (χ4v) is 3.58. The van der Waals surface area contributed by atoms with Gasteiger partial charge in [0.15, 0.2) is 17.7 Å². The van der Waals surface area contributed by atoms with Crippen molar-refractivity contribution in [2.45, 2.75) is 32.5 Å². The zero-order valence-electron chi connectivity index (χ0n) is 23.6. The Hall–Kier alpha value is -4.42. The van der Waals surface area contributed by atoms with Gasteiger partial charge < -0.3 is 34.9 Å². The zero-order valence-corrected chi connectivity index (χ0v) is 23.6. The molecule has 40 heavy (non-hydrogen) atoms. The zero-order chi connectivity index (χ0) is 30.2. The van der Waals surface area contributed by atoms with Gasteiger partial charge in [0.1, 0.15) is 18.1 Å². The van der Waals surface area contributed by atoms with Crippen molar-refractivity contribution in [1.82, 2.24) is 15.2 Å². The van der Waals surface area contributed by atoms with E-state index < -0.39 is 36.3 Å². The lowest BCUT2D eigenvalue weighted by Gasteiger charge is -2.26. The molecule has 1 heterocycles. The second-order valence-corrected chi connectivity index (χ2v) is 9.56. The predicted molar refractivity (Wildman–Crippen MR) is 145 cm³/mol.